The number of hydrogen-bond acceptors (Lipinski definition) is 3. The molecule has 0 amide bonds. The Morgan fingerprint density at radius 2 is 1.68 bits per heavy atom. The highest BCUT2D eigenvalue weighted by atomic mass is 35.5. The molecule has 31 heavy (non-hydrogen) atoms. The molecule has 0 spiro atoms. The Morgan fingerprint density at radius 1 is 0.935 bits per heavy atom. The Kier molecular flexibility index (Phi) is 6.36. The molecule has 0 bridgehead atoms. The first-order valence-electron chi connectivity index (χ1n) is 9.70. The van der Waals surface area contributed by atoms with Crippen molar-refractivity contribution in [2.24, 2.45) is 0 Å². The number of alkyl halides is 1. The normalized spacial score (nSPS) is 12.2. The molecular formula is C26H19Cl2NO2. The van der Waals surface area contributed by atoms with Crippen LogP contribution in [0.25, 0.3) is 23.1 Å². The monoisotopic (exact) mass is 447 g/mol. The van der Waals surface area contributed by atoms with Crippen molar-refractivity contribution in [3.63, 3.8) is 0 Å². The lowest BCUT2D eigenvalue weighted by Gasteiger charge is -2.12. The summed E-state index contributed by atoms with van der Waals surface area (Å²) in [6, 6.07) is 24.8. The van der Waals surface area contributed by atoms with Gasteiger partial charge < -0.3 is 4.74 Å². The average Bonchev–Trinajstić information content (AvgIpc) is 2.81. The van der Waals surface area contributed by atoms with E-state index in [1.165, 1.54) is 7.11 Å². The summed E-state index contributed by atoms with van der Waals surface area (Å²) >= 11 is 12.8. The molecule has 154 valence electrons. The number of methoxy groups -OCH3 is 1. The zero-order valence-corrected chi connectivity index (χ0v) is 18.3. The molecule has 3 nitrogen and oxygen atoms in total. The molecule has 1 unspecified atom stereocenters. The quantitative estimate of drug-likeness (QED) is 0.240. The first-order chi connectivity index (χ1) is 15.0. The fourth-order valence-corrected chi connectivity index (χ4v) is 3.77. The van der Waals surface area contributed by atoms with E-state index in [1.54, 1.807) is 18.2 Å². The maximum absolute atomic E-state index is 11.8. The molecule has 0 fully saturated rings. The number of fused-ring (bicyclic) bond motifs is 1. The number of hydrogen-bond donors (Lipinski definition) is 0. The van der Waals surface area contributed by atoms with Gasteiger partial charge in [0.05, 0.1) is 29.3 Å². The third-order valence-corrected chi connectivity index (χ3v) is 5.66. The topological polar surface area (TPSA) is 39.2 Å². The minimum atomic E-state index is -0.390. The molecule has 0 saturated carbocycles. The van der Waals surface area contributed by atoms with Crippen molar-refractivity contribution in [3.05, 3.63) is 112 Å². The Bertz CT molecular complexity index is 1280. The molecule has 5 heteroatoms. The van der Waals surface area contributed by atoms with E-state index >= 15 is 0 Å². The van der Waals surface area contributed by atoms with Crippen LogP contribution in [-0.2, 0) is 4.74 Å². The number of halogens is 2. The fraction of sp³-hybridized carbons (Fsp3) is 0.0769. The van der Waals surface area contributed by atoms with Crippen LogP contribution in [0.5, 0.6) is 0 Å². The third kappa shape index (κ3) is 4.96. The van der Waals surface area contributed by atoms with Crippen LogP contribution in [0.3, 0.4) is 0 Å². The summed E-state index contributed by atoms with van der Waals surface area (Å²) in [5.41, 5.74) is 4.94. The van der Waals surface area contributed by atoms with E-state index in [0.29, 0.717) is 10.6 Å². The number of ether oxygens (including phenoxy) is 1. The number of aromatic nitrogens is 1. The Labute approximate surface area is 190 Å². The van der Waals surface area contributed by atoms with Crippen LogP contribution in [0.4, 0.5) is 0 Å². The van der Waals surface area contributed by atoms with Crippen molar-refractivity contribution < 1.29 is 9.53 Å². The second kappa shape index (κ2) is 9.34. The molecule has 0 saturated heterocycles. The standard InChI is InChI=1S/C26H19Cl2NO2/c1-31-26(30)21-7-3-6-20(15-21)25(28)19-5-2-4-17(14-19)8-12-23-13-10-18-9-11-22(27)16-24(18)29-23/h2-16,25H,1H3. The van der Waals surface area contributed by atoms with Gasteiger partial charge in [0, 0.05) is 10.4 Å². The minimum absolute atomic E-state index is 0.383. The Balaban J connectivity index is 1.58. The van der Waals surface area contributed by atoms with Crippen molar-refractivity contribution in [2.75, 3.05) is 7.11 Å². The molecule has 4 rings (SSSR count). The summed E-state index contributed by atoms with van der Waals surface area (Å²) in [5, 5.41) is 1.32. The molecule has 1 heterocycles. The summed E-state index contributed by atoms with van der Waals surface area (Å²) in [4.78, 5) is 16.5. The summed E-state index contributed by atoms with van der Waals surface area (Å²) in [6.45, 7) is 0. The van der Waals surface area contributed by atoms with Crippen molar-refractivity contribution in [1.29, 1.82) is 0 Å². The van der Waals surface area contributed by atoms with Gasteiger partial charge >= 0.3 is 5.97 Å². The molecule has 0 N–H and O–H groups in total. The second-order valence-electron chi connectivity index (χ2n) is 7.06. The zero-order valence-electron chi connectivity index (χ0n) is 16.8. The molecule has 0 aliphatic heterocycles. The van der Waals surface area contributed by atoms with Gasteiger partial charge in [0.1, 0.15) is 0 Å². The van der Waals surface area contributed by atoms with Crippen LogP contribution >= 0.6 is 23.2 Å². The summed E-state index contributed by atoms with van der Waals surface area (Å²) < 4.78 is 4.80. The first-order valence-corrected chi connectivity index (χ1v) is 10.5. The number of benzene rings is 3. The Hall–Kier alpha value is -3.14. The van der Waals surface area contributed by atoms with Crippen LogP contribution in [0.2, 0.25) is 5.02 Å². The number of carbonyl (C=O) groups is 1. The van der Waals surface area contributed by atoms with E-state index in [2.05, 4.69) is 4.98 Å². The molecule has 1 atom stereocenters. The molecule has 0 radical (unpaired) electrons. The lowest BCUT2D eigenvalue weighted by atomic mass is 10.0. The summed E-state index contributed by atoms with van der Waals surface area (Å²) in [5.74, 6) is -0.383. The summed E-state index contributed by atoms with van der Waals surface area (Å²) in [7, 11) is 1.36. The van der Waals surface area contributed by atoms with Crippen LogP contribution in [-0.4, -0.2) is 18.1 Å². The number of nitrogens with zero attached hydrogens (tertiary/aromatic N) is 1. The number of esters is 1. The lowest BCUT2D eigenvalue weighted by Crippen LogP contribution is -2.03. The highest BCUT2D eigenvalue weighted by molar-refractivity contribution is 6.31. The van der Waals surface area contributed by atoms with Gasteiger partial charge in [-0.1, -0.05) is 60.1 Å². The summed E-state index contributed by atoms with van der Waals surface area (Å²) in [6.07, 6.45) is 3.96. The number of carbonyl (C=O) groups excluding carboxylic acids is 1. The zero-order chi connectivity index (χ0) is 21.8. The van der Waals surface area contributed by atoms with E-state index in [-0.39, 0.29) is 11.3 Å². The SMILES string of the molecule is COC(=O)c1cccc(C(Cl)c2cccc(C=Cc3ccc4ccc(Cl)cc4n3)c2)c1. The maximum atomic E-state index is 11.8. The van der Waals surface area contributed by atoms with Gasteiger partial charge in [0.2, 0.25) is 0 Å². The van der Waals surface area contributed by atoms with Gasteiger partial charge in [-0.3, -0.25) is 0 Å². The second-order valence-corrected chi connectivity index (χ2v) is 7.93. The molecule has 0 aliphatic rings. The number of rotatable bonds is 5. The fourth-order valence-electron chi connectivity index (χ4n) is 3.33. The van der Waals surface area contributed by atoms with Crippen LogP contribution in [0.1, 0.15) is 38.1 Å². The highest BCUT2D eigenvalue weighted by Gasteiger charge is 2.14. The molecular weight excluding hydrogens is 429 g/mol. The van der Waals surface area contributed by atoms with Crippen molar-refractivity contribution in [1.82, 2.24) is 4.98 Å². The third-order valence-electron chi connectivity index (χ3n) is 4.93. The van der Waals surface area contributed by atoms with Gasteiger partial charge in [-0.05, 0) is 59.2 Å². The average molecular weight is 448 g/mol. The molecule has 4 aromatic rings. The van der Waals surface area contributed by atoms with Gasteiger partial charge in [-0.2, -0.15) is 0 Å². The predicted molar refractivity (Wildman–Crippen MR) is 128 cm³/mol. The largest absolute Gasteiger partial charge is 0.465 e. The predicted octanol–water partition coefficient (Wildman–Crippen LogP) is 7.17. The minimum Gasteiger partial charge on any atom is -0.465 e. The molecule has 1 aromatic heterocycles. The van der Waals surface area contributed by atoms with Crippen LogP contribution < -0.4 is 0 Å². The number of pyridine rings is 1. The van der Waals surface area contributed by atoms with Gasteiger partial charge in [-0.25, -0.2) is 9.78 Å². The van der Waals surface area contributed by atoms with Gasteiger partial charge in [-0.15, -0.1) is 11.6 Å². The molecule has 3 aromatic carbocycles. The highest BCUT2D eigenvalue weighted by Crippen LogP contribution is 2.30. The smallest absolute Gasteiger partial charge is 0.337 e. The van der Waals surface area contributed by atoms with E-state index in [0.717, 1.165) is 33.3 Å². The van der Waals surface area contributed by atoms with Crippen LogP contribution in [0.15, 0.2) is 78.9 Å². The van der Waals surface area contributed by atoms with E-state index in [9.17, 15) is 4.79 Å². The lowest BCUT2D eigenvalue weighted by molar-refractivity contribution is 0.0600. The van der Waals surface area contributed by atoms with Crippen molar-refractivity contribution >= 4 is 52.2 Å². The van der Waals surface area contributed by atoms with E-state index in [4.69, 9.17) is 27.9 Å². The van der Waals surface area contributed by atoms with E-state index < -0.39 is 0 Å². The van der Waals surface area contributed by atoms with Crippen LogP contribution in [0, 0.1) is 0 Å². The Morgan fingerprint density at radius 3 is 2.48 bits per heavy atom. The van der Waals surface area contributed by atoms with E-state index in [1.807, 2.05) is 72.8 Å². The van der Waals surface area contributed by atoms with Gasteiger partial charge in [0.15, 0.2) is 0 Å². The van der Waals surface area contributed by atoms with Gasteiger partial charge in [0.25, 0.3) is 0 Å². The van der Waals surface area contributed by atoms with Crippen molar-refractivity contribution in [3.8, 4) is 0 Å². The first kappa shape index (κ1) is 21.1. The maximum Gasteiger partial charge on any atom is 0.337 e. The van der Waals surface area contributed by atoms with Crippen molar-refractivity contribution in [2.45, 2.75) is 5.38 Å². The molecule has 0 aliphatic carbocycles.